The molecule has 148 valence electrons. The molecule has 1 aromatic carbocycles. The van der Waals surface area contributed by atoms with Crippen LogP contribution in [0.3, 0.4) is 0 Å². The second-order valence-corrected chi connectivity index (χ2v) is 8.00. The van der Waals surface area contributed by atoms with Gasteiger partial charge in [-0.1, -0.05) is 6.07 Å². The molecule has 4 heterocycles. The molecule has 3 aromatic rings. The number of halogens is 2. The average molecular weight is 386 g/mol. The van der Waals surface area contributed by atoms with Gasteiger partial charge in [-0.05, 0) is 38.1 Å². The van der Waals surface area contributed by atoms with Gasteiger partial charge < -0.3 is 14.5 Å². The van der Waals surface area contributed by atoms with Crippen molar-refractivity contribution in [1.29, 1.82) is 0 Å². The van der Waals surface area contributed by atoms with Gasteiger partial charge in [-0.15, -0.1) is 0 Å². The van der Waals surface area contributed by atoms with E-state index in [0.29, 0.717) is 11.0 Å². The second kappa shape index (κ2) is 6.67. The zero-order valence-corrected chi connectivity index (χ0v) is 15.9. The average Bonchev–Trinajstić information content (AvgIpc) is 3.02. The first kappa shape index (κ1) is 17.8. The topological polar surface area (TPSA) is 33.5 Å². The van der Waals surface area contributed by atoms with E-state index in [-0.39, 0.29) is 5.60 Å². The molecule has 0 saturated carbocycles. The molecule has 7 heteroatoms. The molecule has 1 spiro atoms. The van der Waals surface area contributed by atoms with Crippen LogP contribution in [0.2, 0.25) is 0 Å². The minimum atomic E-state index is -2.59. The number of likely N-dealkylation sites (N-methyl/N-ethyl adjacent to an activating group) is 1. The van der Waals surface area contributed by atoms with Crippen LogP contribution in [0.1, 0.15) is 19.4 Å². The minimum absolute atomic E-state index is 0.0584. The summed E-state index contributed by atoms with van der Waals surface area (Å²) in [6.45, 7) is 1.88. The number of morpholine rings is 1. The quantitative estimate of drug-likeness (QED) is 0.669. The highest BCUT2D eigenvalue weighted by atomic mass is 19.3. The fourth-order valence-electron chi connectivity index (χ4n) is 4.80. The Morgan fingerprint density at radius 1 is 1.07 bits per heavy atom. The molecule has 0 radical (unpaired) electrons. The molecule has 0 atom stereocenters. The van der Waals surface area contributed by atoms with Crippen molar-refractivity contribution < 1.29 is 13.5 Å². The predicted molar refractivity (Wildman–Crippen MR) is 106 cm³/mol. The van der Waals surface area contributed by atoms with Crippen LogP contribution in [-0.2, 0) is 4.74 Å². The molecule has 2 saturated heterocycles. The first-order chi connectivity index (χ1) is 13.6. The lowest BCUT2D eigenvalue weighted by atomic mass is 9.89. The van der Waals surface area contributed by atoms with E-state index in [1.165, 1.54) is 0 Å². The number of nitrogens with zero attached hydrogens (tertiary/aromatic N) is 4. The summed E-state index contributed by atoms with van der Waals surface area (Å²) in [5.41, 5.74) is 2.01. The highest BCUT2D eigenvalue weighted by molar-refractivity contribution is 6.08. The monoisotopic (exact) mass is 386 g/mol. The summed E-state index contributed by atoms with van der Waals surface area (Å²) in [4.78, 5) is 8.74. The van der Waals surface area contributed by atoms with Crippen molar-refractivity contribution in [3.05, 3.63) is 36.7 Å². The van der Waals surface area contributed by atoms with Crippen LogP contribution in [0, 0.1) is 0 Å². The smallest absolute Gasteiger partial charge is 0.319 e. The van der Waals surface area contributed by atoms with Crippen molar-refractivity contribution in [1.82, 2.24) is 14.5 Å². The lowest BCUT2D eigenvalue weighted by Crippen LogP contribution is -2.56. The SMILES string of the molecule is CN1CCOC2(CCN(c3ccc4c5cnccc5n(C(F)F)c4c3)CC2)C1. The van der Waals surface area contributed by atoms with Crippen molar-refractivity contribution in [2.24, 2.45) is 0 Å². The molecular weight excluding hydrogens is 362 g/mol. The third-order valence-electron chi connectivity index (χ3n) is 6.26. The Kier molecular flexibility index (Phi) is 4.25. The minimum Gasteiger partial charge on any atom is -0.372 e. The van der Waals surface area contributed by atoms with Crippen LogP contribution in [-0.4, -0.2) is 59.9 Å². The van der Waals surface area contributed by atoms with E-state index >= 15 is 0 Å². The molecule has 2 fully saturated rings. The fraction of sp³-hybridized carbons (Fsp3) is 0.476. The fourth-order valence-corrected chi connectivity index (χ4v) is 4.80. The van der Waals surface area contributed by atoms with Gasteiger partial charge >= 0.3 is 6.55 Å². The molecule has 2 aromatic heterocycles. The Hall–Kier alpha value is -2.25. The molecule has 0 amide bonds. The van der Waals surface area contributed by atoms with E-state index in [1.807, 2.05) is 18.2 Å². The number of piperidine rings is 1. The van der Waals surface area contributed by atoms with Gasteiger partial charge in [0.1, 0.15) is 0 Å². The summed E-state index contributed by atoms with van der Waals surface area (Å²) in [5, 5.41) is 1.58. The maximum atomic E-state index is 13.8. The lowest BCUT2D eigenvalue weighted by Gasteiger charge is -2.47. The summed E-state index contributed by atoms with van der Waals surface area (Å²) in [7, 11) is 2.14. The van der Waals surface area contributed by atoms with Gasteiger partial charge in [0.15, 0.2) is 0 Å². The Labute approximate surface area is 162 Å². The van der Waals surface area contributed by atoms with Gasteiger partial charge in [0.25, 0.3) is 0 Å². The molecule has 2 aliphatic heterocycles. The molecular formula is C21H24F2N4O. The normalized spacial score (nSPS) is 20.6. The Morgan fingerprint density at radius 3 is 2.64 bits per heavy atom. The van der Waals surface area contributed by atoms with Gasteiger partial charge in [-0.3, -0.25) is 9.55 Å². The number of alkyl halides is 2. The maximum absolute atomic E-state index is 13.8. The maximum Gasteiger partial charge on any atom is 0.319 e. The van der Waals surface area contributed by atoms with E-state index in [9.17, 15) is 8.78 Å². The van der Waals surface area contributed by atoms with Crippen LogP contribution in [0.15, 0.2) is 36.7 Å². The number of hydrogen-bond donors (Lipinski definition) is 0. The highest BCUT2D eigenvalue weighted by Gasteiger charge is 2.38. The number of hydrogen-bond acceptors (Lipinski definition) is 4. The number of ether oxygens (including phenoxy) is 1. The number of pyridine rings is 1. The van der Waals surface area contributed by atoms with Gasteiger partial charge in [-0.25, -0.2) is 0 Å². The van der Waals surface area contributed by atoms with Crippen LogP contribution >= 0.6 is 0 Å². The number of anilines is 1. The Balaban J connectivity index is 1.47. The van der Waals surface area contributed by atoms with Crippen molar-refractivity contribution in [3.63, 3.8) is 0 Å². The van der Waals surface area contributed by atoms with Crippen LogP contribution in [0.5, 0.6) is 0 Å². The second-order valence-electron chi connectivity index (χ2n) is 8.00. The number of fused-ring (bicyclic) bond motifs is 3. The van der Waals surface area contributed by atoms with E-state index in [1.54, 1.807) is 18.5 Å². The molecule has 0 unspecified atom stereocenters. The van der Waals surface area contributed by atoms with E-state index in [4.69, 9.17) is 4.74 Å². The van der Waals surface area contributed by atoms with Gasteiger partial charge in [0, 0.05) is 55.0 Å². The van der Waals surface area contributed by atoms with Crippen molar-refractivity contribution in [2.45, 2.75) is 25.0 Å². The van der Waals surface area contributed by atoms with Gasteiger partial charge in [0.2, 0.25) is 0 Å². The molecule has 28 heavy (non-hydrogen) atoms. The number of aromatic nitrogens is 2. The van der Waals surface area contributed by atoms with Crippen LogP contribution in [0.25, 0.3) is 21.8 Å². The lowest BCUT2D eigenvalue weighted by molar-refractivity contribution is -0.115. The van der Waals surface area contributed by atoms with Crippen LogP contribution in [0.4, 0.5) is 14.5 Å². The first-order valence-electron chi connectivity index (χ1n) is 9.80. The summed E-state index contributed by atoms with van der Waals surface area (Å²) in [6.07, 6.45) is 5.14. The number of rotatable bonds is 2. The summed E-state index contributed by atoms with van der Waals surface area (Å²) >= 11 is 0. The Morgan fingerprint density at radius 2 is 1.89 bits per heavy atom. The number of benzene rings is 1. The van der Waals surface area contributed by atoms with E-state index < -0.39 is 6.55 Å². The van der Waals surface area contributed by atoms with Crippen molar-refractivity contribution >= 4 is 27.5 Å². The zero-order valence-electron chi connectivity index (χ0n) is 15.9. The van der Waals surface area contributed by atoms with E-state index in [2.05, 4.69) is 21.8 Å². The highest BCUT2D eigenvalue weighted by Crippen LogP contribution is 2.37. The Bertz CT molecular complexity index is 1010. The molecule has 2 aliphatic rings. The summed E-state index contributed by atoms with van der Waals surface area (Å²) in [5.74, 6) is 0. The first-order valence-corrected chi connectivity index (χ1v) is 9.80. The molecule has 0 aliphatic carbocycles. The van der Waals surface area contributed by atoms with Crippen molar-refractivity contribution in [3.8, 4) is 0 Å². The molecule has 0 N–H and O–H groups in total. The zero-order chi connectivity index (χ0) is 19.3. The van der Waals surface area contributed by atoms with Crippen molar-refractivity contribution in [2.75, 3.05) is 44.7 Å². The molecule has 5 nitrogen and oxygen atoms in total. The molecule has 0 bridgehead atoms. The van der Waals surface area contributed by atoms with E-state index in [0.717, 1.165) is 66.7 Å². The van der Waals surface area contributed by atoms with Gasteiger partial charge in [0.05, 0.1) is 23.2 Å². The predicted octanol–water partition coefficient (Wildman–Crippen LogP) is 3.89. The van der Waals surface area contributed by atoms with Gasteiger partial charge in [-0.2, -0.15) is 8.78 Å². The molecule has 5 rings (SSSR count). The third kappa shape index (κ3) is 2.84. The summed E-state index contributed by atoms with van der Waals surface area (Å²) < 4.78 is 34.9. The summed E-state index contributed by atoms with van der Waals surface area (Å²) in [6, 6.07) is 7.54. The third-order valence-corrected chi connectivity index (χ3v) is 6.26. The van der Waals surface area contributed by atoms with Crippen LogP contribution < -0.4 is 4.90 Å². The standard InChI is InChI=1S/C21H24F2N4O/c1-25-10-11-28-21(14-25)5-8-26(9-6-21)15-2-3-16-17-13-24-7-4-18(17)27(20(22)23)19(16)12-15/h2-4,7,12-13,20H,5-6,8-11,14H2,1H3. The largest absolute Gasteiger partial charge is 0.372 e.